The van der Waals surface area contributed by atoms with Crippen molar-refractivity contribution in [3.8, 4) is 0 Å². The molecule has 5 heteroatoms. The van der Waals surface area contributed by atoms with E-state index in [1.807, 2.05) is 0 Å². The number of rotatable bonds is 0. The van der Waals surface area contributed by atoms with Crippen LogP contribution < -0.4 is 6.15 Å². The molecule has 0 saturated carbocycles. The Hall–Kier alpha value is 0.270. The SMILES string of the molecule is CCC.O=C=O.[Ar].[C]=O.[N]. The van der Waals surface area contributed by atoms with Crippen molar-refractivity contribution < 1.29 is 52.1 Å². The van der Waals surface area contributed by atoms with Crippen molar-refractivity contribution in [2.75, 3.05) is 0 Å². The maximum absolute atomic E-state index is 8.12. The number of nitrogens with zero attached hydrogens (tertiary/aromatic N) is 1. The van der Waals surface area contributed by atoms with Crippen LogP contribution in [-0.4, -0.2) is 12.9 Å². The van der Waals surface area contributed by atoms with Crippen molar-refractivity contribution in [2.24, 2.45) is 0 Å². The summed E-state index contributed by atoms with van der Waals surface area (Å²) in [6, 6.07) is 0. The Morgan fingerprint density at radius 2 is 1.20 bits per heavy atom. The second kappa shape index (κ2) is 123. The van der Waals surface area contributed by atoms with Gasteiger partial charge in [0.2, 0.25) is 0 Å². The zero-order valence-electron chi connectivity index (χ0n) is 5.73. The van der Waals surface area contributed by atoms with E-state index in [0.717, 1.165) is 0 Å². The second-order valence-electron chi connectivity index (χ2n) is 0.790. The molecule has 10 heavy (non-hydrogen) atoms. The smallest absolute Gasteiger partial charge is 0.281 e. The standard InChI is InChI=1S/C3H8.CO2.CO.Ar.N/c1-3-2;2-1-3;1-2;;/h3H2,1-2H3;;;;. The largest absolute Gasteiger partial charge is 0.373 e. The molecule has 59 valence electrons. The van der Waals surface area contributed by atoms with E-state index in [4.69, 9.17) is 14.4 Å². The van der Waals surface area contributed by atoms with E-state index >= 15 is 0 Å². The average molecular weight is 170 g/mol. The van der Waals surface area contributed by atoms with Crippen LogP contribution in [0.4, 0.5) is 0 Å². The third-order valence-corrected chi connectivity index (χ3v) is 0. The van der Waals surface area contributed by atoms with Gasteiger partial charge in [-0.3, -0.25) is 4.79 Å². The third kappa shape index (κ3) is 6010. The normalized spacial score (nSPS) is 3.00. The summed E-state index contributed by atoms with van der Waals surface area (Å²) in [5.74, 6) is 0. The Morgan fingerprint density at radius 1 is 1.20 bits per heavy atom. The Kier molecular flexibility index (Phi) is 391. The Balaban J connectivity index is -0.0000000116. The summed E-state index contributed by atoms with van der Waals surface area (Å²) >= 11 is 0. The predicted octanol–water partition coefficient (Wildman–Crippen LogP) is -0.0449. The van der Waals surface area contributed by atoms with Crippen LogP contribution in [0.25, 0.3) is 0 Å². The molecule has 0 N–H and O–H groups in total. The molecule has 0 aliphatic rings. The fraction of sp³-hybridized carbons (Fsp3) is 0.600. The quantitative estimate of drug-likeness (QED) is 0.511. The topological polar surface area (TPSA) is 81.7 Å². The first-order valence-electron chi connectivity index (χ1n) is 2.03. The molecule has 0 saturated heterocycles. The van der Waals surface area contributed by atoms with Gasteiger partial charge in [0, 0.05) is 43.9 Å². The molecule has 0 fully saturated rings. The molecule has 0 aliphatic carbocycles. The number of hydrogen-bond acceptors (Lipinski definition) is 3. The summed E-state index contributed by atoms with van der Waals surface area (Å²) in [6.45, 7) is 8.75. The number of carbonyl (C=O) groups excluding carboxylic acids is 3. The van der Waals surface area contributed by atoms with Gasteiger partial charge in [0.1, 0.15) is 0 Å². The van der Waals surface area contributed by atoms with Crippen LogP contribution >= 0.6 is 0 Å². The molecule has 0 spiro atoms. The summed E-state index contributed by atoms with van der Waals surface area (Å²) in [7, 11) is 0. The van der Waals surface area contributed by atoms with Gasteiger partial charge in [-0.25, -0.2) is 0 Å². The molecular formula is C5H8ArNO3. The molecule has 0 aromatic carbocycles. The molecule has 0 unspecified atom stereocenters. The van der Waals surface area contributed by atoms with Crippen LogP contribution in [0, 0.1) is 37.7 Å². The molecule has 0 aliphatic heterocycles. The Labute approximate surface area is 90.9 Å². The fourth-order valence-corrected chi connectivity index (χ4v) is 0. The van der Waals surface area contributed by atoms with Crippen LogP contribution in [0.3, 0.4) is 0 Å². The average Bonchev–Trinajstić information content (AvgIpc) is 1.75. The van der Waals surface area contributed by atoms with Gasteiger partial charge in [-0.05, 0) is 0 Å². The molecule has 0 heterocycles. The van der Waals surface area contributed by atoms with Crippen LogP contribution in [0.1, 0.15) is 20.3 Å². The van der Waals surface area contributed by atoms with Gasteiger partial charge >= 0.3 is 6.15 Å². The molecule has 0 bridgehead atoms. The van der Waals surface area contributed by atoms with E-state index in [1.54, 1.807) is 0 Å². The van der Waals surface area contributed by atoms with Crippen LogP contribution in [-0.2, 0) is 14.4 Å². The van der Waals surface area contributed by atoms with Crippen molar-refractivity contribution in [3.05, 3.63) is 0 Å². The van der Waals surface area contributed by atoms with Crippen molar-refractivity contribution in [2.45, 2.75) is 20.3 Å². The fourth-order valence-electron chi connectivity index (χ4n) is 0. The van der Waals surface area contributed by atoms with Gasteiger partial charge in [-0.2, -0.15) is 9.59 Å². The van der Waals surface area contributed by atoms with E-state index in [9.17, 15) is 0 Å². The molecule has 0 rings (SSSR count). The minimum Gasteiger partial charge on any atom is -0.281 e. The molecule has 0 aromatic heterocycles. The maximum Gasteiger partial charge on any atom is 0.373 e. The van der Waals surface area contributed by atoms with Gasteiger partial charge in [-0.15, -0.1) is 0 Å². The molecule has 4 nitrogen and oxygen atoms in total. The molecular weight excluding hydrogens is 162 g/mol. The first-order valence-corrected chi connectivity index (χ1v) is 2.03. The Morgan fingerprint density at radius 3 is 1.20 bits per heavy atom. The second-order valence-corrected chi connectivity index (χ2v) is 0.790. The van der Waals surface area contributed by atoms with Crippen molar-refractivity contribution in [1.82, 2.24) is 6.15 Å². The van der Waals surface area contributed by atoms with Gasteiger partial charge in [0.05, 0.1) is 0 Å². The zero-order valence-corrected chi connectivity index (χ0v) is 6.44. The third-order valence-electron chi connectivity index (χ3n) is 0. The maximum atomic E-state index is 8.12. The summed E-state index contributed by atoms with van der Waals surface area (Å²) in [4.78, 5) is 23.8. The summed E-state index contributed by atoms with van der Waals surface area (Å²) in [5, 5.41) is 0. The van der Waals surface area contributed by atoms with Crippen LogP contribution in [0.2, 0.25) is 0 Å². The van der Waals surface area contributed by atoms with E-state index in [0.29, 0.717) is 0 Å². The molecule has 0 amide bonds. The van der Waals surface area contributed by atoms with E-state index in [1.165, 1.54) is 6.42 Å². The summed E-state index contributed by atoms with van der Waals surface area (Å²) in [5.41, 5.74) is 0. The van der Waals surface area contributed by atoms with E-state index < -0.39 is 0 Å². The Bertz CT molecular complexity index is 54.9. The minimum absolute atomic E-state index is 0. The van der Waals surface area contributed by atoms with Gasteiger partial charge in [0.15, 0.2) is 0 Å². The predicted molar refractivity (Wildman–Crippen MR) is 28.8 cm³/mol. The number of hydrogen-bond donors (Lipinski definition) is 0. The van der Waals surface area contributed by atoms with Crippen molar-refractivity contribution >= 4 is 12.9 Å². The molecule has 0 aromatic rings. The van der Waals surface area contributed by atoms with Gasteiger partial charge in [-0.1, -0.05) is 20.3 Å². The van der Waals surface area contributed by atoms with E-state index in [2.05, 4.69) is 20.6 Å². The first-order chi connectivity index (χ1) is 3.83. The summed E-state index contributed by atoms with van der Waals surface area (Å²) in [6.07, 6.45) is 1.50. The monoisotopic (exact) mass is 170 g/mol. The first kappa shape index (κ1) is 31.8. The van der Waals surface area contributed by atoms with Crippen LogP contribution in [0.5, 0.6) is 0 Å². The molecule has 5 radical (unpaired) electrons. The minimum atomic E-state index is 0. The van der Waals surface area contributed by atoms with Crippen molar-refractivity contribution in [3.63, 3.8) is 0 Å². The van der Waals surface area contributed by atoms with Crippen molar-refractivity contribution in [1.29, 1.82) is 0 Å². The van der Waals surface area contributed by atoms with Gasteiger partial charge in [0.25, 0.3) is 6.79 Å². The summed E-state index contributed by atoms with van der Waals surface area (Å²) < 4.78 is 0. The van der Waals surface area contributed by atoms with Crippen LogP contribution in [0.15, 0.2) is 0 Å². The molecule has 0 atom stereocenters. The zero-order chi connectivity index (χ0) is 7.41. The van der Waals surface area contributed by atoms with E-state index in [-0.39, 0.29) is 50.0 Å². The van der Waals surface area contributed by atoms with Gasteiger partial charge < -0.3 is 0 Å².